The molecule has 6 rings (SSSR count). The number of piperazine rings is 1. The smallest absolute Gasteiger partial charge is 0.272 e. The number of halogens is 1. The van der Waals surface area contributed by atoms with Crippen LogP contribution in [0.5, 0.6) is 5.75 Å². The van der Waals surface area contributed by atoms with Crippen molar-refractivity contribution in [1.29, 1.82) is 0 Å². The minimum absolute atomic E-state index is 0.0836. The number of aromatic nitrogens is 3. The van der Waals surface area contributed by atoms with Gasteiger partial charge < -0.3 is 30.2 Å². The van der Waals surface area contributed by atoms with Gasteiger partial charge in [-0.15, -0.1) is 0 Å². The molecule has 0 unspecified atom stereocenters. The van der Waals surface area contributed by atoms with Crippen molar-refractivity contribution in [3.05, 3.63) is 83.1 Å². The molecule has 0 bridgehead atoms. The second-order valence-corrected chi connectivity index (χ2v) is 12.9. The molecule has 45 heavy (non-hydrogen) atoms. The molecule has 0 spiro atoms. The summed E-state index contributed by atoms with van der Waals surface area (Å²) in [4.78, 5) is 33.7. The minimum atomic E-state index is -4.10. The van der Waals surface area contributed by atoms with Crippen molar-refractivity contribution in [3.63, 3.8) is 0 Å². The molecule has 2 aliphatic heterocycles. The number of H-pyrrole nitrogens is 2. The Bertz CT molecular complexity index is 1830. The van der Waals surface area contributed by atoms with Crippen LogP contribution in [0.1, 0.15) is 32.1 Å². The van der Waals surface area contributed by atoms with E-state index in [1.807, 2.05) is 6.07 Å². The molecular formula is C30H33FN8O5S. The third-order valence-electron chi connectivity index (χ3n) is 8.06. The van der Waals surface area contributed by atoms with Gasteiger partial charge >= 0.3 is 0 Å². The number of hydrogen-bond donors (Lipinski definition) is 4. The number of benzene rings is 2. The van der Waals surface area contributed by atoms with Crippen molar-refractivity contribution in [2.45, 2.75) is 17.9 Å². The number of nitrogens with one attached hydrogen (secondary N) is 4. The maximum absolute atomic E-state index is 14.2. The maximum Gasteiger partial charge on any atom is 0.272 e. The van der Waals surface area contributed by atoms with E-state index in [1.165, 1.54) is 17.5 Å². The predicted octanol–water partition coefficient (Wildman–Crippen LogP) is 2.89. The summed E-state index contributed by atoms with van der Waals surface area (Å²) in [5, 5.41) is 12.8. The number of carbonyl (C=O) groups excluding carboxylic acids is 2. The molecule has 1 fully saturated rings. The van der Waals surface area contributed by atoms with Crippen LogP contribution < -0.4 is 20.3 Å². The molecule has 236 valence electrons. The van der Waals surface area contributed by atoms with E-state index in [-0.39, 0.29) is 35.1 Å². The highest BCUT2D eigenvalue weighted by atomic mass is 32.2. The summed E-state index contributed by atoms with van der Waals surface area (Å²) >= 11 is 0. The molecule has 4 heterocycles. The molecule has 4 N–H and O–H groups in total. The van der Waals surface area contributed by atoms with Crippen LogP contribution in [0.3, 0.4) is 0 Å². The SMILES string of the molecule is COc1cc(F)cc(S(=O)(=O)N2CCc3[nH]nc(NC(=O)c4ccc(N5CCN(C)CC5)cc4NC(=O)c4ccc[nH]4)c3C2)c1. The highest BCUT2D eigenvalue weighted by Gasteiger charge is 2.32. The molecule has 0 radical (unpaired) electrons. The number of hydrogen-bond acceptors (Lipinski definition) is 8. The predicted molar refractivity (Wildman–Crippen MR) is 166 cm³/mol. The molecule has 0 atom stereocenters. The van der Waals surface area contributed by atoms with Crippen LogP contribution in [0.4, 0.5) is 21.6 Å². The number of carbonyl (C=O) groups is 2. The number of likely N-dealkylation sites (N-methyl/N-ethyl adjacent to an activating group) is 1. The first-order valence-corrected chi connectivity index (χ1v) is 15.8. The van der Waals surface area contributed by atoms with E-state index in [0.29, 0.717) is 29.1 Å². The standard InChI is InChI=1S/C30H33FN8O5S/c1-37-10-12-38(13-11-37)20-5-6-23(27(16-20)33-30(41)26-4-3-8-32-26)29(40)34-28-24-18-39(9-7-25(24)35-36-28)45(42,43)22-15-19(31)14-21(17-22)44-2/h3-6,8,14-17,32H,7,9-13,18H2,1-2H3,(H,33,41)(H2,34,35,36,40). The van der Waals surface area contributed by atoms with Crippen molar-refractivity contribution in [2.24, 2.45) is 0 Å². The van der Waals surface area contributed by atoms with E-state index < -0.39 is 27.7 Å². The molecular weight excluding hydrogens is 603 g/mol. The van der Waals surface area contributed by atoms with E-state index in [9.17, 15) is 22.4 Å². The Kier molecular flexibility index (Phi) is 8.31. The van der Waals surface area contributed by atoms with Gasteiger partial charge in [-0.1, -0.05) is 0 Å². The van der Waals surface area contributed by atoms with E-state index >= 15 is 0 Å². The summed E-state index contributed by atoms with van der Waals surface area (Å²) in [5.74, 6) is -1.43. The Morgan fingerprint density at radius 3 is 2.53 bits per heavy atom. The molecule has 15 heteroatoms. The lowest BCUT2D eigenvalue weighted by molar-refractivity contribution is 0.102. The molecule has 2 aromatic carbocycles. The Morgan fingerprint density at radius 2 is 1.80 bits per heavy atom. The number of rotatable bonds is 8. The number of sulfonamides is 1. The Morgan fingerprint density at radius 1 is 1.00 bits per heavy atom. The minimum Gasteiger partial charge on any atom is -0.497 e. The molecule has 1 saturated heterocycles. The summed E-state index contributed by atoms with van der Waals surface area (Å²) in [6.07, 6.45) is 1.94. The first kappa shape index (κ1) is 30.3. The van der Waals surface area contributed by atoms with E-state index in [2.05, 4.69) is 42.7 Å². The maximum atomic E-state index is 14.2. The van der Waals surface area contributed by atoms with Gasteiger partial charge in [-0.3, -0.25) is 14.7 Å². The number of anilines is 3. The lowest BCUT2D eigenvalue weighted by atomic mass is 10.1. The molecule has 4 aromatic rings. The zero-order valence-electron chi connectivity index (χ0n) is 24.8. The van der Waals surface area contributed by atoms with Gasteiger partial charge in [0.15, 0.2) is 5.82 Å². The normalized spacial score (nSPS) is 15.8. The fourth-order valence-electron chi connectivity index (χ4n) is 5.46. The summed E-state index contributed by atoms with van der Waals surface area (Å²) in [7, 11) is -0.703. The van der Waals surface area contributed by atoms with Gasteiger partial charge in [-0.05, 0) is 43.4 Å². The van der Waals surface area contributed by atoms with Gasteiger partial charge in [-0.25, -0.2) is 12.8 Å². The van der Waals surface area contributed by atoms with Crippen molar-refractivity contribution in [2.75, 3.05) is 62.4 Å². The number of methoxy groups -OCH3 is 1. The lowest BCUT2D eigenvalue weighted by Gasteiger charge is -2.34. The summed E-state index contributed by atoms with van der Waals surface area (Å²) in [5.41, 5.74) is 2.90. The van der Waals surface area contributed by atoms with Gasteiger partial charge in [-0.2, -0.15) is 9.40 Å². The summed E-state index contributed by atoms with van der Waals surface area (Å²) in [6, 6.07) is 11.9. The van der Waals surface area contributed by atoms with Crippen molar-refractivity contribution < 1.29 is 27.1 Å². The van der Waals surface area contributed by atoms with E-state index in [1.54, 1.807) is 30.5 Å². The van der Waals surface area contributed by atoms with Crippen LogP contribution in [0.2, 0.25) is 0 Å². The third-order valence-corrected chi connectivity index (χ3v) is 9.88. The van der Waals surface area contributed by atoms with Crippen LogP contribution in [-0.4, -0.2) is 91.5 Å². The molecule has 2 amide bonds. The average Bonchev–Trinajstić information content (AvgIpc) is 3.72. The van der Waals surface area contributed by atoms with Gasteiger partial charge in [0, 0.05) is 81.0 Å². The van der Waals surface area contributed by atoms with Crippen molar-refractivity contribution >= 4 is 39.0 Å². The van der Waals surface area contributed by atoms with Crippen LogP contribution in [0.15, 0.2) is 59.6 Å². The largest absolute Gasteiger partial charge is 0.497 e. The Hall–Kier alpha value is -4.73. The second-order valence-electron chi connectivity index (χ2n) is 11.0. The topological polar surface area (TPSA) is 156 Å². The summed E-state index contributed by atoms with van der Waals surface area (Å²) < 4.78 is 47.3. The molecule has 2 aromatic heterocycles. The summed E-state index contributed by atoms with van der Waals surface area (Å²) in [6.45, 7) is 3.40. The third kappa shape index (κ3) is 6.27. The first-order valence-electron chi connectivity index (χ1n) is 14.4. The van der Waals surface area contributed by atoms with Crippen LogP contribution in [-0.2, 0) is 23.0 Å². The van der Waals surface area contributed by atoms with Crippen molar-refractivity contribution in [3.8, 4) is 5.75 Å². The number of fused-ring (bicyclic) bond motifs is 1. The van der Waals surface area contributed by atoms with Crippen LogP contribution in [0, 0.1) is 5.82 Å². The monoisotopic (exact) mass is 636 g/mol. The zero-order valence-corrected chi connectivity index (χ0v) is 25.6. The lowest BCUT2D eigenvalue weighted by Crippen LogP contribution is -2.44. The highest BCUT2D eigenvalue weighted by molar-refractivity contribution is 7.89. The first-order chi connectivity index (χ1) is 21.6. The van der Waals surface area contributed by atoms with Crippen molar-refractivity contribution in [1.82, 2.24) is 24.4 Å². The quantitative estimate of drug-likeness (QED) is 0.230. The fraction of sp³-hybridized carbons (Fsp3) is 0.300. The van der Waals surface area contributed by atoms with E-state index in [4.69, 9.17) is 4.74 Å². The number of aromatic amines is 2. The highest BCUT2D eigenvalue weighted by Crippen LogP contribution is 2.31. The number of nitrogens with zero attached hydrogens (tertiary/aromatic N) is 4. The molecule has 13 nitrogen and oxygen atoms in total. The average molecular weight is 637 g/mol. The number of ether oxygens (including phenoxy) is 1. The fourth-order valence-corrected chi connectivity index (χ4v) is 6.92. The van der Waals surface area contributed by atoms with Gasteiger partial charge in [0.1, 0.15) is 17.3 Å². The van der Waals surface area contributed by atoms with Crippen LogP contribution in [0.25, 0.3) is 0 Å². The molecule has 2 aliphatic rings. The molecule has 0 saturated carbocycles. The second kappa shape index (κ2) is 12.3. The zero-order chi connectivity index (χ0) is 31.7. The Balaban J connectivity index is 1.26. The van der Waals surface area contributed by atoms with Gasteiger partial charge in [0.2, 0.25) is 10.0 Å². The van der Waals surface area contributed by atoms with Crippen LogP contribution >= 0.6 is 0 Å². The van der Waals surface area contributed by atoms with E-state index in [0.717, 1.165) is 44.0 Å². The van der Waals surface area contributed by atoms with Gasteiger partial charge in [0.05, 0.1) is 23.3 Å². The molecule has 0 aliphatic carbocycles. The number of amides is 2. The Labute approximate surface area is 259 Å². The van der Waals surface area contributed by atoms with Gasteiger partial charge in [0.25, 0.3) is 11.8 Å².